The van der Waals surface area contributed by atoms with E-state index in [1.165, 1.54) is 0 Å². The number of nitrogens with one attached hydrogen (secondary N) is 1. The van der Waals surface area contributed by atoms with Crippen molar-refractivity contribution in [1.29, 1.82) is 0 Å². The summed E-state index contributed by atoms with van der Waals surface area (Å²) in [7, 11) is 0. The Morgan fingerprint density at radius 2 is 2.08 bits per heavy atom. The molecule has 0 spiro atoms. The van der Waals surface area contributed by atoms with Gasteiger partial charge in [-0.15, -0.1) is 0 Å². The molecule has 2 aromatic carbocycles. The van der Waals surface area contributed by atoms with Crippen LogP contribution >= 0.6 is 15.9 Å². The molecule has 1 aromatic heterocycles. The van der Waals surface area contributed by atoms with Gasteiger partial charge in [0.1, 0.15) is 18.2 Å². The van der Waals surface area contributed by atoms with Crippen LogP contribution in [0.1, 0.15) is 18.4 Å². The van der Waals surface area contributed by atoms with Crippen molar-refractivity contribution in [3.63, 3.8) is 0 Å². The van der Waals surface area contributed by atoms with Crippen LogP contribution in [0.2, 0.25) is 0 Å². The third kappa shape index (κ3) is 3.17. The molecule has 26 heavy (non-hydrogen) atoms. The highest BCUT2D eigenvalue weighted by molar-refractivity contribution is 9.10. The number of hydrogen-bond donors (Lipinski definition) is 1. The molecule has 1 saturated heterocycles. The maximum absolute atomic E-state index is 13.0. The largest absolute Gasteiger partial charge is 0.344 e. The van der Waals surface area contributed by atoms with E-state index in [-0.39, 0.29) is 11.9 Å². The lowest BCUT2D eigenvalue weighted by Gasteiger charge is -2.26. The molecule has 1 aliphatic rings. The first-order valence-electron chi connectivity index (χ1n) is 8.67. The summed E-state index contributed by atoms with van der Waals surface area (Å²) in [4.78, 5) is 23.9. The Bertz CT molecular complexity index is 970. The number of amides is 1. The van der Waals surface area contributed by atoms with Gasteiger partial charge in [-0.05, 0) is 65.5 Å². The molecule has 1 N–H and O–H groups in total. The first kappa shape index (κ1) is 17.0. The minimum absolute atomic E-state index is 0.00486. The van der Waals surface area contributed by atoms with Gasteiger partial charge in [0, 0.05) is 16.4 Å². The zero-order valence-electron chi connectivity index (χ0n) is 14.4. The number of fused-ring (bicyclic) bond motifs is 1. The molecule has 2 heterocycles. The SMILES string of the molecule is Cc1ccc(NC(=O)C2CCCN2c2ncnc3ccccc23)c(Br)c1. The first-order valence-corrected chi connectivity index (χ1v) is 9.46. The van der Waals surface area contributed by atoms with Gasteiger partial charge in [0.25, 0.3) is 0 Å². The molecule has 1 atom stereocenters. The van der Waals surface area contributed by atoms with Gasteiger partial charge < -0.3 is 10.2 Å². The lowest BCUT2D eigenvalue weighted by Crippen LogP contribution is -2.40. The van der Waals surface area contributed by atoms with Gasteiger partial charge in [0.2, 0.25) is 5.91 Å². The zero-order chi connectivity index (χ0) is 18.1. The van der Waals surface area contributed by atoms with Crippen LogP contribution in [0.5, 0.6) is 0 Å². The third-order valence-electron chi connectivity index (χ3n) is 4.73. The molecular weight excluding hydrogens is 392 g/mol. The van der Waals surface area contributed by atoms with Crippen LogP contribution in [0.25, 0.3) is 10.9 Å². The average Bonchev–Trinajstić information content (AvgIpc) is 3.13. The van der Waals surface area contributed by atoms with Crippen LogP contribution in [-0.2, 0) is 4.79 Å². The van der Waals surface area contributed by atoms with Gasteiger partial charge >= 0.3 is 0 Å². The van der Waals surface area contributed by atoms with Crippen molar-refractivity contribution in [3.8, 4) is 0 Å². The maximum Gasteiger partial charge on any atom is 0.247 e. The molecule has 6 heteroatoms. The molecule has 3 aromatic rings. The number of carbonyl (C=O) groups is 1. The van der Waals surface area contributed by atoms with Gasteiger partial charge in [-0.2, -0.15) is 0 Å². The molecule has 132 valence electrons. The fourth-order valence-corrected chi connectivity index (χ4v) is 4.04. The van der Waals surface area contributed by atoms with Crippen molar-refractivity contribution in [2.75, 3.05) is 16.8 Å². The highest BCUT2D eigenvalue weighted by Gasteiger charge is 2.32. The van der Waals surface area contributed by atoms with E-state index in [1.807, 2.05) is 49.4 Å². The van der Waals surface area contributed by atoms with Crippen molar-refractivity contribution in [2.24, 2.45) is 0 Å². The van der Waals surface area contributed by atoms with Crippen LogP contribution in [0, 0.1) is 6.92 Å². The number of hydrogen-bond acceptors (Lipinski definition) is 4. The van der Waals surface area contributed by atoms with Crippen molar-refractivity contribution >= 4 is 44.2 Å². The van der Waals surface area contributed by atoms with E-state index in [1.54, 1.807) is 6.33 Å². The number of benzene rings is 2. The molecule has 0 aliphatic carbocycles. The Balaban J connectivity index is 1.62. The fraction of sp³-hybridized carbons (Fsp3) is 0.250. The summed E-state index contributed by atoms with van der Waals surface area (Å²) < 4.78 is 0.892. The molecule has 0 saturated carbocycles. The number of para-hydroxylation sites is 1. The molecule has 1 aliphatic heterocycles. The summed E-state index contributed by atoms with van der Waals surface area (Å²) in [5, 5.41) is 4.03. The van der Waals surface area contributed by atoms with E-state index in [0.29, 0.717) is 0 Å². The summed E-state index contributed by atoms with van der Waals surface area (Å²) in [5.41, 5.74) is 2.83. The summed E-state index contributed by atoms with van der Waals surface area (Å²) >= 11 is 3.53. The van der Waals surface area contributed by atoms with Crippen LogP contribution in [0.15, 0.2) is 53.3 Å². The fourth-order valence-electron chi connectivity index (χ4n) is 3.45. The van der Waals surface area contributed by atoms with Crippen LogP contribution in [-0.4, -0.2) is 28.5 Å². The zero-order valence-corrected chi connectivity index (χ0v) is 16.0. The normalized spacial score (nSPS) is 16.8. The Morgan fingerprint density at radius 1 is 1.23 bits per heavy atom. The molecule has 1 amide bonds. The van der Waals surface area contributed by atoms with Gasteiger partial charge in [-0.3, -0.25) is 4.79 Å². The Kier molecular flexibility index (Phi) is 4.59. The van der Waals surface area contributed by atoms with E-state index in [2.05, 4.69) is 36.1 Å². The smallest absolute Gasteiger partial charge is 0.247 e. The summed E-state index contributed by atoms with van der Waals surface area (Å²) in [5.74, 6) is 0.825. The number of rotatable bonds is 3. The molecule has 0 radical (unpaired) electrons. The lowest BCUT2D eigenvalue weighted by molar-refractivity contribution is -0.117. The van der Waals surface area contributed by atoms with Crippen molar-refractivity contribution in [1.82, 2.24) is 9.97 Å². The monoisotopic (exact) mass is 410 g/mol. The highest BCUT2D eigenvalue weighted by Crippen LogP contribution is 2.31. The Hall–Kier alpha value is -2.47. The Morgan fingerprint density at radius 3 is 2.92 bits per heavy atom. The highest BCUT2D eigenvalue weighted by atomic mass is 79.9. The van der Waals surface area contributed by atoms with E-state index < -0.39 is 0 Å². The summed E-state index contributed by atoms with van der Waals surface area (Å²) in [6.45, 7) is 2.84. The van der Waals surface area contributed by atoms with Gasteiger partial charge in [0.05, 0.1) is 11.2 Å². The molecule has 1 fully saturated rings. The lowest BCUT2D eigenvalue weighted by atomic mass is 10.1. The predicted octanol–water partition coefficient (Wildman–Crippen LogP) is 4.31. The Labute approximate surface area is 160 Å². The number of carbonyl (C=O) groups excluding carboxylic acids is 1. The van der Waals surface area contributed by atoms with E-state index >= 15 is 0 Å². The maximum atomic E-state index is 13.0. The third-order valence-corrected chi connectivity index (χ3v) is 5.39. The van der Waals surface area contributed by atoms with Crippen molar-refractivity contribution < 1.29 is 4.79 Å². The standard InChI is InChI=1S/C20H19BrN4O/c1-13-8-9-17(15(21)11-13)24-20(26)18-7-4-10-25(18)19-14-5-2-3-6-16(14)22-12-23-19/h2-3,5-6,8-9,11-12,18H,4,7,10H2,1H3,(H,24,26). The van der Waals surface area contributed by atoms with Crippen LogP contribution in [0.4, 0.5) is 11.5 Å². The van der Waals surface area contributed by atoms with Gasteiger partial charge in [-0.25, -0.2) is 9.97 Å². The van der Waals surface area contributed by atoms with E-state index in [0.717, 1.165) is 51.8 Å². The van der Waals surface area contributed by atoms with E-state index in [9.17, 15) is 4.79 Å². The topological polar surface area (TPSA) is 58.1 Å². The second-order valence-electron chi connectivity index (χ2n) is 6.54. The second-order valence-corrected chi connectivity index (χ2v) is 7.39. The molecule has 1 unspecified atom stereocenters. The van der Waals surface area contributed by atoms with E-state index in [4.69, 9.17) is 0 Å². The number of aryl methyl sites for hydroxylation is 1. The first-order chi connectivity index (χ1) is 12.6. The van der Waals surface area contributed by atoms with Gasteiger partial charge in [-0.1, -0.05) is 18.2 Å². The minimum Gasteiger partial charge on any atom is -0.344 e. The quantitative estimate of drug-likeness (QED) is 0.698. The second kappa shape index (κ2) is 7.03. The van der Waals surface area contributed by atoms with Crippen molar-refractivity contribution in [3.05, 3.63) is 58.8 Å². The van der Waals surface area contributed by atoms with Gasteiger partial charge in [0.15, 0.2) is 0 Å². The van der Waals surface area contributed by atoms with Crippen molar-refractivity contribution in [2.45, 2.75) is 25.8 Å². The molecular formula is C20H19BrN4O. The number of halogens is 1. The molecule has 0 bridgehead atoms. The predicted molar refractivity (Wildman–Crippen MR) is 107 cm³/mol. The average molecular weight is 411 g/mol. The molecule has 4 rings (SSSR count). The minimum atomic E-state index is -0.235. The summed E-state index contributed by atoms with van der Waals surface area (Å²) in [6.07, 6.45) is 3.35. The summed E-state index contributed by atoms with van der Waals surface area (Å²) in [6, 6.07) is 13.6. The molecule has 5 nitrogen and oxygen atoms in total. The number of aromatic nitrogens is 2. The number of nitrogens with zero attached hydrogens (tertiary/aromatic N) is 3. The van der Waals surface area contributed by atoms with Crippen LogP contribution < -0.4 is 10.2 Å². The van der Waals surface area contributed by atoms with Crippen LogP contribution in [0.3, 0.4) is 0 Å². The number of anilines is 2.